The van der Waals surface area contributed by atoms with Gasteiger partial charge in [-0.25, -0.2) is 8.78 Å². The van der Waals surface area contributed by atoms with Crippen LogP contribution in [0.4, 0.5) is 14.5 Å². The third-order valence-electron chi connectivity index (χ3n) is 2.80. The summed E-state index contributed by atoms with van der Waals surface area (Å²) in [6, 6.07) is 3.22. The molecule has 0 fully saturated rings. The van der Waals surface area contributed by atoms with Crippen LogP contribution in [0.15, 0.2) is 18.2 Å². The zero-order valence-corrected chi connectivity index (χ0v) is 11.3. The molecule has 1 aromatic carbocycles. The summed E-state index contributed by atoms with van der Waals surface area (Å²) < 4.78 is 26.4. The molecule has 0 saturated carbocycles. The molecule has 0 aliphatic carbocycles. The Labute approximate surface area is 112 Å². The Balaban J connectivity index is 2.47. The number of amides is 1. The van der Waals surface area contributed by atoms with E-state index in [1.807, 2.05) is 0 Å². The van der Waals surface area contributed by atoms with E-state index in [1.54, 1.807) is 6.92 Å². The van der Waals surface area contributed by atoms with Gasteiger partial charge in [-0.3, -0.25) is 4.79 Å². The number of unbranched alkanes of at least 4 members (excludes halogenated alkanes) is 2. The molecule has 1 atom stereocenters. The van der Waals surface area contributed by atoms with Gasteiger partial charge >= 0.3 is 0 Å². The molecule has 0 saturated heterocycles. The van der Waals surface area contributed by atoms with Gasteiger partial charge in [0.2, 0.25) is 5.91 Å². The van der Waals surface area contributed by atoms with Crippen LogP contribution in [0.2, 0.25) is 0 Å². The standard InChI is InChI=1S/C14H20F2N2O/c1-3-4-5-9-17-14(19)10(2)18-12-8-6-7-11(15)13(12)16/h6-8,10,18H,3-5,9H2,1-2H3,(H,17,19). The molecule has 0 aliphatic heterocycles. The number of carbonyl (C=O) groups is 1. The van der Waals surface area contributed by atoms with E-state index in [0.717, 1.165) is 25.3 Å². The fourth-order valence-corrected chi connectivity index (χ4v) is 1.65. The molecule has 0 aromatic heterocycles. The monoisotopic (exact) mass is 270 g/mol. The van der Waals surface area contributed by atoms with Crippen LogP contribution in [0.5, 0.6) is 0 Å². The molecule has 0 heterocycles. The van der Waals surface area contributed by atoms with Crippen molar-refractivity contribution in [3.63, 3.8) is 0 Å². The number of halogens is 2. The number of benzene rings is 1. The van der Waals surface area contributed by atoms with Gasteiger partial charge in [0.1, 0.15) is 6.04 Å². The summed E-state index contributed by atoms with van der Waals surface area (Å²) in [5.41, 5.74) is -0.00351. The van der Waals surface area contributed by atoms with Gasteiger partial charge in [0.25, 0.3) is 0 Å². The number of carbonyl (C=O) groups excluding carboxylic acids is 1. The summed E-state index contributed by atoms with van der Waals surface area (Å²) in [6.07, 6.45) is 3.06. The van der Waals surface area contributed by atoms with Crippen LogP contribution >= 0.6 is 0 Å². The first-order chi connectivity index (χ1) is 9.06. The van der Waals surface area contributed by atoms with Gasteiger partial charge in [-0.1, -0.05) is 25.8 Å². The molecule has 0 bridgehead atoms. The first-order valence-corrected chi connectivity index (χ1v) is 6.54. The minimum absolute atomic E-state index is 0.00351. The van der Waals surface area contributed by atoms with E-state index in [2.05, 4.69) is 17.6 Å². The van der Waals surface area contributed by atoms with Crippen LogP contribution in [0.1, 0.15) is 33.1 Å². The summed E-state index contributed by atoms with van der Waals surface area (Å²) >= 11 is 0. The predicted octanol–water partition coefficient (Wildman–Crippen LogP) is 3.07. The van der Waals surface area contributed by atoms with Crippen molar-refractivity contribution in [2.24, 2.45) is 0 Å². The number of rotatable bonds is 7. The fourth-order valence-electron chi connectivity index (χ4n) is 1.65. The average molecular weight is 270 g/mol. The highest BCUT2D eigenvalue weighted by Gasteiger charge is 2.15. The molecule has 0 radical (unpaired) electrons. The van der Waals surface area contributed by atoms with E-state index < -0.39 is 17.7 Å². The minimum Gasteiger partial charge on any atom is -0.371 e. The van der Waals surface area contributed by atoms with Crippen molar-refractivity contribution in [3.8, 4) is 0 Å². The van der Waals surface area contributed by atoms with E-state index in [-0.39, 0.29) is 11.6 Å². The summed E-state index contributed by atoms with van der Waals surface area (Å²) in [4.78, 5) is 11.7. The van der Waals surface area contributed by atoms with Gasteiger partial charge in [0, 0.05) is 6.54 Å². The maximum Gasteiger partial charge on any atom is 0.242 e. The van der Waals surface area contributed by atoms with Crippen molar-refractivity contribution in [2.45, 2.75) is 39.2 Å². The van der Waals surface area contributed by atoms with Crippen molar-refractivity contribution < 1.29 is 13.6 Å². The summed E-state index contributed by atoms with van der Waals surface area (Å²) in [7, 11) is 0. The van der Waals surface area contributed by atoms with Crippen molar-refractivity contribution in [1.29, 1.82) is 0 Å². The molecule has 1 amide bonds. The van der Waals surface area contributed by atoms with E-state index in [4.69, 9.17) is 0 Å². The van der Waals surface area contributed by atoms with Crippen LogP contribution in [0, 0.1) is 11.6 Å². The van der Waals surface area contributed by atoms with Crippen LogP contribution in [0.3, 0.4) is 0 Å². The lowest BCUT2D eigenvalue weighted by molar-refractivity contribution is -0.121. The molecule has 0 spiro atoms. The largest absolute Gasteiger partial charge is 0.371 e. The maximum atomic E-state index is 13.4. The molecule has 106 valence electrons. The molecule has 19 heavy (non-hydrogen) atoms. The summed E-state index contributed by atoms with van der Waals surface area (Å²) in [5.74, 6) is -2.12. The first-order valence-electron chi connectivity index (χ1n) is 6.54. The highest BCUT2D eigenvalue weighted by Crippen LogP contribution is 2.17. The molecule has 1 aromatic rings. The lowest BCUT2D eigenvalue weighted by Gasteiger charge is -2.15. The number of hydrogen-bond acceptors (Lipinski definition) is 2. The number of hydrogen-bond donors (Lipinski definition) is 2. The number of anilines is 1. The van der Waals surface area contributed by atoms with Gasteiger partial charge in [-0.2, -0.15) is 0 Å². The van der Waals surface area contributed by atoms with Gasteiger partial charge in [0.15, 0.2) is 11.6 Å². The SMILES string of the molecule is CCCCCNC(=O)C(C)Nc1cccc(F)c1F. The molecule has 1 unspecified atom stereocenters. The highest BCUT2D eigenvalue weighted by atomic mass is 19.2. The molecular weight excluding hydrogens is 250 g/mol. The maximum absolute atomic E-state index is 13.4. The van der Waals surface area contributed by atoms with Crippen LogP contribution in [-0.2, 0) is 4.79 Å². The molecule has 2 N–H and O–H groups in total. The second-order valence-corrected chi connectivity index (χ2v) is 4.47. The minimum atomic E-state index is -0.965. The van der Waals surface area contributed by atoms with Crippen LogP contribution in [-0.4, -0.2) is 18.5 Å². The number of nitrogens with one attached hydrogen (secondary N) is 2. The average Bonchev–Trinajstić information content (AvgIpc) is 2.39. The smallest absolute Gasteiger partial charge is 0.242 e. The van der Waals surface area contributed by atoms with E-state index >= 15 is 0 Å². The van der Waals surface area contributed by atoms with E-state index in [9.17, 15) is 13.6 Å². The van der Waals surface area contributed by atoms with Crippen LogP contribution < -0.4 is 10.6 Å². The van der Waals surface area contributed by atoms with Gasteiger partial charge in [0.05, 0.1) is 5.69 Å². The summed E-state index contributed by atoms with van der Waals surface area (Å²) in [5, 5.41) is 5.42. The Hall–Kier alpha value is -1.65. The first kappa shape index (κ1) is 15.4. The van der Waals surface area contributed by atoms with Crippen molar-refractivity contribution in [2.75, 3.05) is 11.9 Å². The Morgan fingerprint density at radius 2 is 2.05 bits per heavy atom. The molecule has 3 nitrogen and oxygen atoms in total. The van der Waals surface area contributed by atoms with E-state index in [0.29, 0.717) is 6.54 Å². The molecule has 1 rings (SSSR count). The normalized spacial score (nSPS) is 12.0. The third-order valence-corrected chi connectivity index (χ3v) is 2.80. The van der Waals surface area contributed by atoms with E-state index in [1.165, 1.54) is 12.1 Å². The van der Waals surface area contributed by atoms with Gasteiger partial charge in [-0.15, -0.1) is 0 Å². The third kappa shape index (κ3) is 4.85. The second-order valence-electron chi connectivity index (χ2n) is 4.47. The lowest BCUT2D eigenvalue weighted by atomic mass is 10.2. The second kappa shape index (κ2) is 7.71. The molecule has 0 aliphatic rings. The zero-order chi connectivity index (χ0) is 14.3. The zero-order valence-electron chi connectivity index (χ0n) is 11.3. The van der Waals surface area contributed by atoms with Gasteiger partial charge in [-0.05, 0) is 25.5 Å². The predicted molar refractivity (Wildman–Crippen MR) is 72.0 cm³/mol. The fraction of sp³-hybridized carbons (Fsp3) is 0.500. The topological polar surface area (TPSA) is 41.1 Å². The Kier molecular flexibility index (Phi) is 6.25. The highest BCUT2D eigenvalue weighted by molar-refractivity contribution is 5.84. The summed E-state index contributed by atoms with van der Waals surface area (Å²) in [6.45, 7) is 4.29. The van der Waals surface area contributed by atoms with Crippen LogP contribution in [0.25, 0.3) is 0 Å². The Bertz CT molecular complexity index is 424. The van der Waals surface area contributed by atoms with Crippen molar-refractivity contribution in [3.05, 3.63) is 29.8 Å². The molecular formula is C14H20F2N2O. The lowest BCUT2D eigenvalue weighted by Crippen LogP contribution is -2.38. The van der Waals surface area contributed by atoms with Crippen molar-refractivity contribution in [1.82, 2.24) is 5.32 Å². The Morgan fingerprint density at radius 3 is 2.74 bits per heavy atom. The molecule has 5 heteroatoms. The van der Waals surface area contributed by atoms with Crippen molar-refractivity contribution >= 4 is 11.6 Å². The quantitative estimate of drug-likeness (QED) is 0.748. The van der Waals surface area contributed by atoms with Gasteiger partial charge < -0.3 is 10.6 Å². The Morgan fingerprint density at radius 1 is 1.32 bits per heavy atom.